The van der Waals surface area contributed by atoms with Crippen LogP contribution < -0.4 is 15.5 Å². The van der Waals surface area contributed by atoms with Crippen molar-refractivity contribution >= 4 is 23.0 Å². The number of carboxylic acid groups (broad SMARTS) is 1. The molecule has 1 heterocycles. The van der Waals surface area contributed by atoms with Gasteiger partial charge in [-0.25, -0.2) is 4.79 Å². The topological polar surface area (TPSA) is 146 Å². The molecule has 3 rings (SSSR count). The van der Waals surface area contributed by atoms with Crippen molar-refractivity contribution in [1.29, 1.82) is 0 Å². The molecule has 3 aromatic rings. The molecule has 0 saturated heterocycles. The predicted molar refractivity (Wildman–Crippen MR) is 97.5 cm³/mol. The van der Waals surface area contributed by atoms with E-state index < -0.39 is 40.8 Å². The van der Waals surface area contributed by atoms with Crippen molar-refractivity contribution in [3.8, 4) is 28.6 Å². The van der Waals surface area contributed by atoms with Crippen molar-refractivity contribution in [2.75, 3.05) is 0 Å². The number of phenolic OH excluding ortho intramolecular Hbond substituents is 2. The second-order valence-electron chi connectivity index (χ2n) is 5.88. The molecule has 0 aliphatic heterocycles. The number of aromatic hydroxyl groups is 2. The summed E-state index contributed by atoms with van der Waals surface area (Å²) in [4.78, 5) is 35.0. The number of amides is 1. The van der Waals surface area contributed by atoms with Crippen LogP contribution in [0.5, 0.6) is 17.2 Å². The molecule has 0 bridgehead atoms. The molecule has 0 saturated carbocycles. The van der Waals surface area contributed by atoms with E-state index in [9.17, 15) is 24.6 Å². The molecule has 1 amide bonds. The first-order valence-corrected chi connectivity index (χ1v) is 8.07. The van der Waals surface area contributed by atoms with Crippen molar-refractivity contribution < 1.29 is 34.1 Å². The quantitative estimate of drug-likeness (QED) is 0.501. The zero-order valence-electron chi connectivity index (χ0n) is 14.5. The number of carboxylic acids is 1. The van der Waals surface area contributed by atoms with Gasteiger partial charge in [0.1, 0.15) is 22.8 Å². The Hall–Kier alpha value is -4.01. The Morgan fingerprint density at radius 1 is 1.11 bits per heavy atom. The lowest BCUT2D eigenvalue weighted by molar-refractivity contribution is -0.138. The molecule has 0 radical (unpaired) electrons. The van der Waals surface area contributed by atoms with Gasteiger partial charge in [0.2, 0.25) is 5.75 Å². The molecule has 0 spiro atoms. The standard InChI is InChI=1S/C19H15NO8/c1-9(18(24)25)20-19(26)28-14-8-13-15(17(23)16(14)22)11(21)7-12(27-13)10-5-3-2-4-6-10/h2-9,22-23H,1H3,(H,20,26)(H,24,25)/t9-/m0/s1. The highest BCUT2D eigenvalue weighted by Crippen LogP contribution is 2.41. The Bertz CT molecular complexity index is 1120. The Morgan fingerprint density at radius 3 is 2.43 bits per heavy atom. The fraction of sp³-hybridized carbons (Fsp3) is 0.105. The van der Waals surface area contributed by atoms with Crippen LogP contribution in [0.2, 0.25) is 0 Å². The Balaban J connectivity index is 2.05. The van der Waals surface area contributed by atoms with Crippen LogP contribution in [0.15, 0.2) is 51.7 Å². The second kappa shape index (κ2) is 7.31. The van der Waals surface area contributed by atoms with E-state index in [0.29, 0.717) is 5.56 Å². The Kier molecular flexibility index (Phi) is 4.90. The summed E-state index contributed by atoms with van der Waals surface area (Å²) < 4.78 is 10.5. The predicted octanol–water partition coefficient (Wildman–Crippen LogP) is 2.43. The summed E-state index contributed by atoms with van der Waals surface area (Å²) in [5, 5.41) is 30.7. The lowest BCUT2D eigenvalue weighted by Gasteiger charge is -2.12. The van der Waals surface area contributed by atoms with Gasteiger partial charge in [-0.1, -0.05) is 30.3 Å². The van der Waals surface area contributed by atoms with Crippen LogP contribution in [-0.2, 0) is 4.79 Å². The van der Waals surface area contributed by atoms with Crippen LogP contribution in [-0.4, -0.2) is 33.4 Å². The van der Waals surface area contributed by atoms with Gasteiger partial charge in [0.15, 0.2) is 16.9 Å². The lowest BCUT2D eigenvalue weighted by atomic mass is 10.1. The third-order valence-corrected chi connectivity index (χ3v) is 3.90. The van der Waals surface area contributed by atoms with Crippen molar-refractivity contribution in [3.05, 3.63) is 52.7 Å². The van der Waals surface area contributed by atoms with Crippen LogP contribution in [0.3, 0.4) is 0 Å². The van der Waals surface area contributed by atoms with E-state index in [2.05, 4.69) is 0 Å². The fourth-order valence-electron chi connectivity index (χ4n) is 2.46. The first kappa shape index (κ1) is 18.8. The van der Waals surface area contributed by atoms with Gasteiger partial charge in [-0.3, -0.25) is 9.59 Å². The van der Waals surface area contributed by atoms with Crippen molar-refractivity contribution in [2.24, 2.45) is 0 Å². The maximum Gasteiger partial charge on any atom is 0.413 e. The third-order valence-electron chi connectivity index (χ3n) is 3.90. The molecule has 0 aliphatic carbocycles. The van der Waals surface area contributed by atoms with Gasteiger partial charge in [-0.05, 0) is 6.92 Å². The third kappa shape index (κ3) is 3.58. The number of hydrogen-bond acceptors (Lipinski definition) is 7. The highest BCUT2D eigenvalue weighted by atomic mass is 16.6. The van der Waals surface area contributed by atoms with Crippen LogP contribution in [0.4, 0.5) is 4.79 Å². The largest absolute Gasteiger partial charge is 0.504 e. The molecular weight excluding hydrogens is 370 g/mol. The van der Waals surface area contributed by atoms with Gasteiger partial charge in [0.05, 0.1) is 0 Å². The number of aliphatic carboxylic acids is 1. The average Bonchev–Trinajstić information content (AvgIpc) is 2.65. The number of carbonyl (C=O) groups excluding carboxylic acids is 1. The van der Waals surface area contributed by atoms with Crippen molar-refractivity contribution in [2.45, 2.75) is 13.0 Å². The summed E-state index contributed by atoms with van der Waals surface area (Å²) in [6.45, 7) is 1.21. The van der Waals surface area contributed by atoms with Crippen LogP contribution in [0.25, 0.3) is 22.3 Å². The minimum atomic E-state index is -1.29. The van der Waals surface area contributed by atoms with E-state index in [1.807, 2.05) is 5.32 Å². The van der Waals surface area contributed by atoms with Crippen molar-refractivity contribution in [1.82, 2.24) is 5.32 Å². The van der Waals surface area contributed by atoms with Gasteiger partial charge in [-0.15, -0.1) is 0 Å². The monoisotopic (exact) mass is 385 g/mol. The fourth-order valence-corrected chi connectivity index (χ4v) is 2.46. The van der Waals surface area contributed by atoms with Gasteiger partial charge in [0, 0.05) is 17.7 Å². The van der Waals surface area contributed by atoms with E-state index in [-0.39, 0.29) is 16.7 Å². The van der Waals surface area contributed by atoms with Crippen LogP contribution in [0.1, 0.15) is 6.92 Å². The highest BCUT2D eigenvalue weighted by Gasteiger charge is 2.22. The van der Waals surface area contributed by atoms with E-state index in [4.69, 9.17) is 14.3 Å². The maximum atomic E-state index is 12.4. The van der Waals surface area contributed by atoms with Gasteiger partial charge in [-0.2, -0.15) is 0 Å². The summed E-state index contributed by atoms with van der Waals surface area (Å²) >= 11 is 0. The molecule has 28 heavy (non-hydrogen) atoms. The van der Waals surface area contributed by atoms with Crippen LogP contribution in [0, 0.1) is 0 Å². The molecule has 9 nitrogen and oxygen atoms in total. The smallest absolute Gasteiger partial charge is 0.413 e. The summed E-state index contributed by atoms with van der Waals surface area (Å²) in [6, 6.07) is 9.68. The van der Waals surface area contributed by atoms with Crippen LogP contribution >= 0.6 is 0 Å². The van der Waals surface area contributed by atoms with E-state index in [0.717, 1.165) is 6.07 Å². The number of carbonyl (C=O) groups is 2. The normalized spacial score (nSPS) is 11.8. The Labute approximate surface area is 157 Å². The summed E-state index contributed by atoms with van der Waals surface area (Å²) in [6.07, 6.45) is -1.18. The summed E-state index contributed by atoms with van der Waals surface area (Å²) in [5.41, 5.74) is -0.135. The first-order valence-electron chi connectivity index (χ1n) is 8.07. The number of rotatable bonds is 4. The molecule has 1 atom stereocenters. The molecular formula is C19H15NO8. The number of nitrogens with one attached hydrogen (secondary N) is 1. The number of ether oxygens (including phenoxy) is 1. The minimum absolute atomic E-state index is 0.129. The average molecular weight is 385 g/mol. The van der Waals surface area contributed by atoms with Gasteiger partial charge >= 0.3 is 12.1 Å². The van der Waals surface area contributed by atoms with E-state index >= 15 is 0 Å². The van der Waals surface area contributed by atoms with Crippen molar-refractivity contribution in [3.63, 3.8) is 0 Å². The SMILES string of the molecule is C[C@H](NC(=O)Oc1cc2oc(-c3ccccc3)cc(=O)c2c(O)c1O)C(=O)O. The second-order valence-corrected chi connectivity index (χ2v) is 5.88. The molecule has 2 aromatic carbocycles. The molecule has 144 valence electrons. The number of benzene rings is 2. The zero-order chi connectivity index (χ0) is 20.4. The molecule has 0 aliphatic rings. The molecule has 0 unspecified atom stereocenters. The molecule has 9 heteroatoms. The molecule has 0 fully saturated rings. The molecule has 1 aromatic heterocycles. The number of phenols is 2. The first-order chi connectivity index (χ1) is 13.3. The summed E-state index contributed by atoms with van der Waals surface area (Å²) in [7, 11) is 0. The highest BCUT2D eigenvalue weighted by molar-refractivity contribution is 5.90. The summed E-state index contributed by atoms with van der Waals surface area (Å²) in [5.74, 6) is -3.27. The van der Waals surface area contributed by atoms with E-state index in [1.165, 1.54) is 13.0 Å². The minimum Gasteiger partial charge on any atom is -0.504 e. The number of hydrogen-bond donors (Lipinski definition) is 4. The lowest BCUT2D eigenvalue weighted by Crippen LogP contribution is -2.39. The number of fused-ring (bicyclic) bond motifs is 1. The Morgan fingerprint density at radius 2 is 1.79 bits per heavy atom. The van der Waals surface area contributed by atoms with E-state index in [1.54, 1.807) is 30.3 Å². The maximum absolute atomic E-state index is 12.4. The zero-order valence-corrected chi connectivity index (χ0v) is 14.5. The van der Waals surface area contributed by atoms with Gasteiger partial charge in [0.25, 0.3) is 0 Å². The van der Waals surface area contributed by atoms with Gasteiger partial charge < -0.3 is 29.8 Å². The molecule has 4 N–H and O–H groups in total.